The summed E-state index contributed by atoms with van der Waals surface area (Å²) in [6.07, 6.45) is 1.45. The Morgan fingerprint density at radius 3 is 2.72 bits per heavy atom. The van der Waals surface area contributed by atoms with Crippen LogP contribution < -0.4 is 5.56 Å². The molecule has 2 aromatic rings. The number of nitrogens with zero attached hydrogens (tertiary/aromatic N) is 1. The highest BCUT2D eigenvalue weighted by Gasteiger charge is 2.19. The van der Waals surface area contributed by atoms with E-state index in [0.29, 0.717) is 5.56 Å². The van der Waals surface area contributed by atoms with E-state index in [-0.39, 0.29) is 17.5 Å². The largest absolute Gasteiger partial charge is 0.334 e. The zero-order valence-electron chi connectivity index (χ0n) is 10.2. The van der Waals surface area contributed by atoms with Gasteiger partial charge in [-0.05, 0) is 24.4 Å². The average Bonchev–Trinajstić information content (AvgIpc) is 2.91. The van der Waals surface area contributed by atoms with Crippen LogP contribution in [0.2, 0.25) is 0 Å². The third-order valence-electron chi connectivity index (χ3n) is 2.89. The monoisotopic (exact) mass is 262 g/mol. The number of thiophene rings is 1. The number of hydrogen-bond donors (Lipinski definition) is 1. The molecular weight excluding hydrogens is 248 g/mol. The van der Waals surface area contributed by atoms with Gasteiger partial charge in [0.05, 0.1) is 11.6 Å². The number of H-pyrrole nitrogens is 1. The van der Waals surface area contributed by atoms with Crippen molar-refractivity contribution in [2.45, 2.75) is 13.0 Å². The molecule has 1 N–H and O–H groups in total. The summed E-state index contributed by atoms with van der Waals surface area (Å²) < 4.78 is 0. The Morgan fingerprint density at radius 1 is 1.39 bits per heavy atom. The van der Waals surface area contributed by atoms with Crippen molar-refractivity contribution in [3.63, 3.8) is 0 Å². The number of pyridine rings is 1. The van der Waals surface area contributed by atoms with E-state index >= 15 is 0 Å². The fourth-order valence-electron chi connectivity index (χ4n) is 1.64. The van der Waals surface area contributed by atoms with Crippen LogP contribution in [0, 0.1) is 0 Å². The lowest BCUT2D eigenvalue weighted by atomic mass is 10.2. The summed E-state index contributed by atoms with van der Waals surface area (Å²) in [5.74, 6) is -0.104. The fraction of sp³-hybridized carbons (Fsp3) is 0.231. The Bertz CT molecular complexity index is 569. The van der Waals surface area contributed by atoms with Crippen molar-refractivity contribution in [1.29, 1.82) is 0 Å². The summed E-state index contributed by atoms with van der Waals surface area (Å²) in [4.78, 5) is 28.5. The van der Waals surface area contributed by atoms with E-state index in [1.165, 1.54) is 12.3 Å². The average molecular weight is 262 g/mol. The van der Waals surface area contributed by atoms with Crippen LogP contribution >= 0.6 is 11.3 Å². The number of aromatic nitrogens is 1. The van der Waals surface area contributed by atoms with Crippen LogP contribution in [0.3, 0.4) is 0 Å². The quantitative estimate of drug-likeness (QED) is 0.922. The van der Waals surface area contributed by atoms with Gasteiger partial charge < -0.3 is 9.88 Å². The van der Waals surface area contributed by atoms with Crippen molar-refractivity contribution in [3.05, 3.63) is 56.6 Å². The molecule has 4 nitrogen and oxygen atoms in total. The molecule has 2 aromatic heterocycles. The second-order valence-electron chi connectivity index (χ2n) is 4.05. The molecule has 94 valence electrons. The van der Waals surface area contributed by atoms with Gasteiger partial charge in [-0.1, -0.05) is 6.07 Å². The van der Waals surface area contributed by atoms with Crippen molar-refractivity contribution < 1.29 is 4.79 Å². The van der Waals surface area contributed by atoms with E-state index < -0.39 is 0 Å². The highest BCUT2D eigenvalue weighted by atomic mass is 32.1. The molecule has 0 aliphatic rings. The van der Waals surface area contributed by atoms with E-state index in [2.05, 4.69) is 4.98 Å². The molecule has 0 saturated carbocycles. The molecule has 0 saturated heterocycles. The van der Waals surface area contributed by atoms with Crippen LogP contribution in [-0.2, 0) is 0 Å². The summed E-state index contributed by atoms with van der Waals surface area (Å²) in [6, 6.07) is 6.89. The molecule has 1 atom stereocenters. The third-order valence-corrected chi connectivity index (χ3v) is 3.93. The highest BCUT2D eigenvalue weighted by molar-refractivity contribution is 7.10. The first-order chi connectivity index (χ1) is 8.59. The molecule has 0 unspecified atom stereocenters. The highest BCUT2D eigenvalue weighted by Crippen LogP contribution is 2.24. The Morgan fingerprint density at radius 2 is 2.17 bits per heavy atom. The Hall–Kier alpha value is -1.88. The van der Waals surface area contributed by atoms with Gasteiger partial charge in [-0.2, -0.15) is 0 Å². The molecule has 5 heteroatoms. The smallest absolute Gasteiger partial charge is 0.255 e. The van der Waals surface area contributed by atoms with Gasteiger partial charge in [-0.3, -0.25) is 9.59 Å². The maximum Gasteiger partial charge on any atom is 0.255 e. The molecule has 2 rings (SSSR count). The van der Waals surface area contributed by atoms with Crippen molar-refractivity contribution in [3.8, 4) is 0 Å². The third kappa shape index (κ3) is 2.51. The summed E-state index contributed by atoms with van der Waals surface area (Å²) in [5.41, 5.74) is 0.279. The van der Waals surface area contributed by atoms with Crippen LogP contribution in [0.1, 0.15) is 28.2 Å². The normalized spacial score (nSPS) is 12.1. The number of amides is 1. The first-order valence-electron chi connectivity index (χ1n) is 5.59. The second kappa shape index (κ2) is 5.18. The maximum atomic E-state index is 12.2. The number of nitrogens with one attached hydrogen (secondary N) is 1. The molecular formula is C13H14N2O2S. The van der Waals surface area contributed by atoms with Crippen LogP contribution in [0.4, 0.5) is 0 Å². The van der Waals surface area contributed by atoms with E-state index in [1.54, 1.807) is 29.4 Å². The zero-order valence-corrected chi connectivity index (χ0v) is 11.0. The SMILES string of the molecule is C[C@H](c1cccs1)N(C)C(=O)c1ccc(=O)[nH]c1. The van der Waals surface area contributed by atoms with Gasteiger partial charge in [0.25, 0.3) is 5.91 Å². The Balaban J connectivity index is 2.18. The predicted molar refractivity (Wildman–Crippen MR) is 71.9 cm³/mol. The van der Waals surface area contributed by atoms with Gasteiger partial charge in [-0.25, -0.2) is 0 Å². The molecule has 2 heterocycles. The van der Waals surface area contributed by atoms with E-state index in [9.17, 15) is 9.59 Å². The molecule has 0 aliphatic carbocycles. The summed E-state index contributed by atoms with van der Waals surface area (Å²) >= 11 is 1.62. The van der Waals surface area contributed by atoms with E-state index in [1.807, 2.05) is 24.4 Å². The van der Waals surface area contributed by atoms with Crippen molar-refractivity contribution in [2.24, 2.45) is 0 Å². The number of rotatable bonds is 3. The molecule has 1 amide bonds. The predicted octanol–water partition coefficient (Wildman–Crippen LogP) is 2.27. The number of carbonyl (C=O) groups is 1. The van der Waals surface area contributed by atoms with E-state index in [4.69, 9.17) is 0 Å². The minimum atomic E-state index is -0.208. The van der Waals surface area contributed by atoms with Gasteiger partial charge >= 0.3 is 0 Å². The van der Waals surface area contributed by atoms with Crippen LogP contribution in [0.5, 0.6) is 0 Å². The van der Waals surface area contributed by atoms with Crippen LogP contribution in [0.15, 0.2) is 40.6 Å². The lowest BCUT2D eigenvalue weighted by molar-refractivity contribution is 0.0744. The Labute approximate surface area is 109 Å². The second-order valence-corrected chi connectivity index (χ2v) is 5.03. The Kier molecular flexibility index (Phi) is 3.62. The van der Waals surface area contributed by atoms with Gasteiger partial charge in [0, 0.05) is 24.2 Å². The van der Waals surface area contributed by atoms with Gasteiger partial charge in [0.15, 0.2) is 0 Å². The van der Waals surface area contributed by atoms with Crippen molar-refractivity contribution in [1.82, 2.24) is 9.88 Å². The zero-order chi connectivity index (χ0) is 13.1. The minimum absolute atomic E-state index is 0.0180. The number of carbonyl (C=O) groups excluding carboxylic acids is 1. The van der Waals surface area contributed by atoms with Crippen LogP contribution in [0.25, 0.3) is 0 Å². The van der Waals surface area contributed by atoms with Gasteiger partial charge in [-0.15, -0.1) is 11.3 Å². The summed E-state index contributed by atoms with van der Waals surface area (Å²) in [6.45, 7) is 1.98. The van der Waals surface area contributed by atoms with Crippen molar-refractivity contribution >= 4 is 17.2 Å². The molecule has 0 spiro atoms. The van der Waals surface area contributed by atoms with E-state index in [0.717, 1.165) is 4.88 Å². The van der Waals surface area contributed by atoms with Gasteiger partial charge in [0.1, 0.15) is 0 Å². The van der Waals surface area contributed by atoms with Crippen LogP contribution in [-0.4, -0.2) is 22.8 Å². The molecule has 0 bridgehead atoms. The lowest BCUT2D eigenvalue weighted by Gasteiger charge is -2.24. The fourth-order valence-corrected chi connectivity index (χ4v) is 2.47. The maximum absolute atomic E-state index is 12.2. The molecule has 18 heavy (non-hydrogen) atoms. The molecule has 0 fully saturated rings. The molecule has 0 aromatic carbocycles. The first-order valence-corrected chi connectivity index (χ1v) is 6.47. The molecule has 0 radical (unpaired) electrons. The summed E-state index contributed by atoms with van der Waals surface area (Å²) in [5, 5.41) is 1.99. The number of hydrogen-bond acceptors (Lipinski definition) is 3. The standard InChI is InChI=1S/C13H14N2O2S/c1-9(11-4-3-7-18-11)15(2)13(17)10-5-6-12(16)14-8-10/h3-9H,1-2H3,(H,14,16)/t9-/m1/s1. The van der Waals surface area contributed by atoms with Gasteiger partial charge in [0.2, 0.25) is 5.56 Å². The minimum Gasteiger partial charge on any atom is -0.334 e. The number of aromatic amines is 1. The lowest BCUT2D eigenvalue weighted by Crippen LogP contribution is -2.29. The van der Waals surface area contributed by atoms with Crippen molar-refractivity contribution in [2.75, 3.05) is 7.05 Å². The summed E-state index contributed by atoms with van der Waals surface area (Å²) in [7, 11) is 1.76. The topological polar surface area (TPSA) is 53.2 Å². The molecule has 0 aliphatic heterocycles. The first kappa shape index (κ1) is 12.6.